The van der Waals surface area contributed by atoms with E-state index in [4.69, 9.17) is 10.5 Å². The number of carbonyl (C=O) groups excluding carboxylic acids is 2. The van der Waals surface area contributed by atoms with Crippen molar-refractivity contribution >= 4 is 12.2 Å². The second-order valence-corrected chi connectivity index (χ2v) is 4.81. The second kappa shape index (κ2) is 5.84. The molecule has 102 valence electrons. The molecule has 1 fully saturated rings. The monoisotopic (exact) mass is 262 g/mol. The molecule has 1 unspecified atom stereocenters. The topological polar surface area (TPSA) is 72.6 Å². The number of amides is 1. The van der Waals surface area contributed by atoms with Gasteiger partial charge >= 0.3 is 0 Å². The van der Waals surface area contributed by atoms with Crippen LogP contribution in [0.1, 0.15) is 22.3 Å². The Balaban J connectivity index is 2.10. The Morgan fingerprint density at radius 3 is 2.95 bits per heavy atom. The van der Waals surface area contributed by atoms with Crippen molar-refractivity contribution in [2.45, 2.75) is 13.0 Å². The first kappa shape index (κ1) is 13.5. The van der Waals surface area contributed by atoms with Crippen molar-refractivity contribution in [2.24, 2.45) is 11.7 Å². The van der Waals surface area contributed by atoms with E-state index < -0.39 is 0 Å². The molecule has 1 atom stereocenters. The summed E-state index contributed by atoms with van der Waals surface area (Å²) in [6, 6.07) is 5.34. The molecule has 0 bridgehead atoms. The van der Waals surface area contributed by atoms with E-state index >= 15 is 0 Å². The Labute approximate surface area is 112 Å². The fourth-order valence-electron chi connectivity index (χ4n) is 2.44. The van der Waals surface area contributed by atoms with Crippen molar-refractivity contribution in [3.8, 4) is 5.75 Å². The molecule has 1 aromatic carbocycles. The van der Waals surface area contributed by atoms with Gasteiger partial charge in [-0.2, -0.15) is 0 Å². The van der Waals surface area contributed by atoms with Crippen molar-refractivity contribution in [1.29, 1.82) is 0 Å². The standard InChI is InChI=1S/C14H18N2O3/c1-19-13-3-2-10(9-17)6-12(13)8-16-5-4-11(7-16)14(15)18/h2-3,6,9,11H,4-5,7-8H2,1H3,(H2,15,18). The maximum Gasteiger partial charge on any atom is 0.221 e. The maximum absolute atomic E-state index is 11.1. The van der Waals surface area contributed by atoms with Gasteiger partial charge in [0.15, 0.2) is 0 Å². The zero-order chi connectivity index (χ0) is 13.8. The van der Waals surface area contributed by atoms with Gasteiger partial charge in [-0.15, -0.1) is 0 Å². The minimum Gasteiger partial charge on any atom is -0.496 e. The lowest BCUT2D eigenvalue weighted by Gasteiger charge is -2.17. The lowest BCUT2D eigenvalue weighted by Crippen LogP contribution is -2.27. The number of primary amides is 1. The van der Waals surface area contributed by atoms with Gasteiger partial charge in [0.2, 0.25) is 5.91 Å². The highest BCUT2D eigenvalue weighted by atomic mass is 16.5. The second-order valence-electron chi connectivity index (χ2n) is 4.81. The SMILES string of the molecule is COc1ccc(C=O)cc1CN1CCC(C(N)=O)C1. The summed E-state index contributed by atoms with van der Waals surface area (Å²) in [6.45, 7) is 2.17. The van der Waals surface area contributed by atoms with Crippen LogP contribution < -0.4 is 10.5 Å². The predicted octanol–water partition coefficient (Wildman–Crippen LogP) is 0.815. The summed E-state index contributed by atoms with van der Waals surface area (Å²) < 4.78 is 5.30. The third-order valence-corrected chi connectivity index (χ3v) is 3.51. The quantitative estimate of drug-likeness (QED) is 0.797. The number of methoxy groups -OCH3 is 1. The van der Waals surface area contributed by atoms with Crippen molar-refractivity contribution in [2.75, 3.05) is 20.2 Å². The van der Waals surface area contributed by atoms with Crippen molar-refractivity contribution in [1.82, 2.24) is 4.90 Å². The summed E-state index contributed by atoms with van der Waals surface area (Å²) in [5, 5.41) is 0. The minimum atomic E-state index is -0.240. The molecule has 1 amide bonds. The van der Waals surface area contributed by atoms with E-state index in [0.29, 0.717) is 18.7 Å². The van der Waals surface area contributed by atoms with E-state index in [0.717, 1.165) is 30.6 Å². The summed E-state index contributed by atoms with van der Waals surface area (Å²) >= 11 is 0. The van der Waals surface area contributed by atoms with Crippen LogP contribution in [0.3, 0.4) is 0 Å². The smallest absolute Gasteiger partial charge is 0.221 e. The molecule has 1 aliphatic rings. The van der Waals surface area contributed by atoms with Gasteiger partial charge in [-0.1, -0.05) is 0 Å². The van der Waals surface area contributed by atoms with E-state index in [1.165, 1.54) is 0 Å². The Kier molecular flexibility index (Phi) is 4.16. The van der Waals surface area contributed by atoms with Crippen molar-refractivity contribution in [3.63, 3.8) is 0 Å². The number of aldehydes is 1. The van der Waals surface area contributed by atoms with Gasteiger partial charge in [-0.05, 0) is 31.2 Å². The molecule has 5 nitrogen and oxygen atoms in total. The van der Waals surface area contributed by atoms with Gasteiger partial charge in [0, 0.05) is 24.2 Å². The lowest BCUT2D eigenvalue weighted by atomic mass is 10.1. The van der Waals surface area contributed by atoms with Crippen LogP contribution in [-0.4, -0.2) is 37.3 Å². The number of likely N-dealkylation sites (tertiary alicyclic amines) is 1. The van der Waals surface area contributed by atoms with Gasteiger partial charge in [0.05, 0.1) is 13.0 Å². The van der Waals surface area contributed by atoms with Crippen molar-refractivity contribution in [3.05, 3.63) is 29.3 Å². The maximum atomic E-state index is 11.1. The summed E-state index contributed by atoms with van der Waals surface area (Å²) in [6.07, 6.45) is 1.62. The summed E-state index contributed by atoms with van der Waals surface area (Å²) in [4.78, 5) is 24.1. The molecular weight excluding hydrogens is 244 g/mol. The van der Waals surface area contributed by atoms with E-state index in [1.54, 1.807) is 19.2 Å². The molecule has 1 aliphatic heterocycles. The Hall–Kier alpha value is -1.88. The van der Waals surface area contributed by atoms with Crippen LogP contribution >= 0.6 is 0 Å². The molecule has 1 saturated heterocycles. The molecule has 0 radical (unpaired) electrons. The number of ether oxygens (including phenoxy) is 1. The fraction of sp³-hybridized carbons (Fsp3) is 0.429. The van der Waals surface area contributed by atoms with Gasteiger partial charge in [-0.25, -0.2) is 0 Å². The van der Waals surface area contributed by atoms with Gasteiger partial charge < -0.3 is 10.5 Å². The molecular formula is C14H18N2O3. The number of nitrogens with zero attached hydrogens (tertiary/aromatic N) is 1. The first-order valence-corrected chi connectivity index (χ1v) is 6.27. The first-order chi connectivity index (χ1) is 9.13. The average Bonchev–Trinajstić information content (AvgIpc) is 2.87. The highest BCUT2D eigenvalue weighted by molar-refractivity contribution is 5.77. The molecule has 5 heteroatoms. The van der Waals surface area contributed by atoms with Crippen LogP contribution in [0.2, 0.25) is 0 Å². The van der Waals surface area contributed by atoms with Crippen LogP contribution in [0.15, 0.2) is 18.2 Å². The largest absolute Gasteiger partial charge is 0.496 e. The van der Waals surface area contributed by atoms with Crippen LogP contribution in [0, 0.1) is 5.92 Å². The fourth-order valence-corrected chi connectivity index (χ4v) is 2.44. The number of carbonyl (C=O) groups is 2. The molecule has 1 heterocycles. The number of hydrogen-bond donors (Lipinski definition) is 1. The normalized spacial score (nSPS) is 19.3. The molecule has 2 rings (SSSR count). The molecule has 0 aromatic heterocycles. The number of rotatable bonds is 5. The molecule has 0 spiro atoms. The van der Waals surface area contributed by atoms with Crippen LogP contribution in [0.5, 0.6) is 5.75 Å². The number of nitrogens with two attached hydrogens (primary N) is 1. The third kappa shape index (κ3) is 3.12. The predicted molar refractivity (Wildman–Crippen MR) is 71.0 cm³/mol. The summed E-state index contributed by atoms with van der Waals surface area (Å²) in [5.74, 6) is 0.449. The van der Waals surface area contributed by atoms with Crippen LogP contribution in [0.4, 0.5) is 0 Å². The number of hydrogen-bond acceptors (Lipinski definition) is 4. The molecule has 19 heavy (non-hydrogen) atoms. The van der Waals surface area contributed by atoms with Gasteiger partial charge in [0.25, 0.3) is 0 Å². The Bertz CT molecular complexity index is 488. The van der Waals surface area contributed by atoms with Gasteiger partial charge in [-0.3, -0.25) is 14.5 Å². The summed E-state index contributed by atoms with van der Waals surface area (Å²) in [7, 11) is 1.61. The van der Waals surface area contributed by atoms with E-state index in [-0.39, 0.29) is 11.8 Å². The average molecular weight is 262 g/mol. The van der Waals surface area contributed by atoms with Crippen LogP contribution in [0.25, 0.3) is 0 Å². The van der Waals surface area contributed by atoms with Crippen molar-refractivity contribution < 1.29 is 14.3 Å². The van der Waals surface area contributed by atoms with Gasteiger partial charge in [0.1, 0.15) is 12.0 Å². The number of benzene rings is 1. The third-order valence-electron chi connectivity index (χ3n) is 3.51. The zero-order valence-electron chi connectivity index (χ0n) is 11.0. The lowest BCUT2D eigenvalue weighted by molar-refractivity contribution is -0.121. The highest BCUT2D eigenvalue weighted by Crippen LogP contribution is 2.24. The van der Waals surface area contributed by atoms with E-state index in [9.17, 15) is 9.59 Å². The zero-order valence-corrected chi connectivity index (χ0v) is 11.0. The Morgan fingerprint density at radius 2 is 2.37 bits per heavy atom. The summed E-state index contributed by atoms with van der Waals surface area (Å²) in [5.41, 5.74) is 6.90. The molecule has 0 aliphatic carbocycles. The van der Waals surface area contributed by atoms with Crippen LogP contribution in [-0.2, 0) is 11.3 Å². The molecule has 1 aromatic rings. The van der Waals surface area contributed by atoms with E-state index in [2.05, 4.69) is 4.90 Å². The molecule has 2 N–H and O–H groups in total. The first-order valence-electron chi connectivity index (χ1n) is 6.27. The van der Waals surface area contributed by atoms with E-state index in [1.807, 2.05) is 6.07 Å². The molecule has 0 saturated carbocycles. The Morgan fingerprint density at radius 1 is 1.58 bits per heavy atom. The highest BCUT2D eigenvalue weighted by Gasteiger charge is 2.26. The minimum absolute atomic E-state index is 0.0692.